The number of nitrogens with zero attached hydrogens (tertiary/aromatic N) is 1. The fourth-order valence-electron chi connectivity index (χ4n) is 4.89. The average Bonchev–Trinajstić information content (AvgIpc) is 2.88. The number of anilines is 1. The van der Waals surface area contributed by atoms with Gasteiger partial charge in [-0.2, -0.15) is 0 Å². The highest BCUT2D eigenvalue weighted by Crippen LogP contribution is 2.30. The molecule has 0 saturated heterocycles. The Balaban J connectivity index is 1.60. The second-order valence-electron chi connectivity index (χ2n) is 9.22. The summed E-state index contributed by atoms with van der Waals surface area (Å²) in [6.45, 7) is 0.449. The molecule has 8 heteroatoms. The molecule has 188 valence electrons. The minimum Gasteiger partial charge on any atom is -0.384 e. The van der Waals surface area contributed by atoms with Crippen LogP contribution in [0.2, 0.25) is 0 Å². The van der Waals surface area contributed by atoms with Crippen molar-refractivity contribution in [2.24, 2.45) is 5.73 Å². The lowest BCUT2D eigenvalue weighted by Gasteiger charge is -2.35. The minimum absolute atomic E-state index is 0.0000467. The molecule has 1 saturated carbocycles. The Morgan fingerprint density at radius 1 is 0.944 bits per heavy atom. The number of amides is 1. The smallest absolute Gasteiger partial charge is 0.227 e. The summed E-state index contributed by atoms with van der Waals surface area (Å²) in [4.78, 5) is 15.6. The van der Waals surface area contributed by atoms with Gasteiger partial charge in [-0.25, -0.2) is 8.42 Å². The van der Waals surface area contributed by atoms with Gasteiger partial charge in [-0.05, 0) is 41.7 Å². The Hall–Kier alpha value is -3.65. The molecular formula is C28H32N4O3S. The van der Waals surface area contributed by atoms with E-state index in [1.165, 1.54) is 6.42 Å². The third-order valence-electron chi connectivity index (χ3n) is 6.66. The fourth-order valence-corrected chi connectivity index (χ4v) is 5.27. The molecule has 1 aliphatic rings. The molecule has 0 spiro atoms. The summed E-state index contributed by atoms with van der Waals surface area (Å²) >= 11 is 0. The molecule has 36 heavy (non-hydrogen) atoms. The van der Waals surface area contributed by atoms with Gasteiger partial charge in [-0.3, -0.25) is 14.9 Å². The van der Waals surface area contributed by atoms with E-state index >= 15 is 0 Å². The molecule has 0 aromatic heterocycles. The first-order chi connectivity index (χ1) is 17.4. The number of thiol groups is 1. The molecule has 1 amide bonds. The van der Waals surface area contributed by atoms with Gasteiger partial charge in [0.1, 0.15) is 5.84 Å². The first kappa shape index (κ1) is 25.4. The van der Waals surface area contributed by atoms with Crippen LogP contribution in [0.4, 0.5) is 5.69 Å². The van der Waals surface area contributed by atoms with Crippen molar-refractivity contribution < 1.29 is 13.2 Å². The summed E-state index contributed by atoms with van der Waals surface area (Å²) in [5, 5.41) is 7.74. The van der Waals surface area contributed by atoms with Gasteiger partial charge in [-0.1, -0.05) is 79.9 Å². The first-order valence-corrected chi connectivity index (χ1v) is 13.4. The predicted molar refractivity (Wildman–Crippen MR) is 144 cm³/mol. The van der Waals surface area contributed by atoms with Crippen LogP contribution >= 0.6 is 0 Å². The zero-order chi connectivity index (χ0) is 25.5. The van der Waals surface area contributed by atoms with Crippen LogP contribution in [0.1, 0.15) is 48.8 Å². The number of carbonyl (C=O) groups is 1. The molecule has 1 fully saturated rings. The lowest BCUT2D eigenvalue weighted by molar-refractivity contribution is -0.134. The van der Waals surface area contributed by atoms with Crippen molar-refractivity contribution in [1.29, 1.82) is 5.41 Å². The van der Waals surface area contributed by atoms with E-state index in [-0.39, 0.29) is 24.2 Å². The summed E-state index contributed by atoms with van der Waals surface area (Å²) in [6.07, 6.45) is 5.48. The predicted octanol–water partition coefficient (Wildman–Crippen LogP) is 4.48. The van der Waals surface area contributed by atoms with Crippen molar-refractivity contribution in [1.82, 2.24) is 4.90 Å². The summed E-state index contributed by atoms with van der Waals surface area (Å²) in [7, 11) is -2.85. The van der Waals surface area contributed by atoms with E-state index in [1.54, 1.807) is 12.1 Å². The highest BCUT2D eigenvalue weighted by molar-refractivity contribution is 7.73. The lowest BCUT2D eigenvalue weighted by atomic mass is 9.93. The molecule has 0 bridgehead atoms. The molecule has 0 unspecified atom stereocenters. The van der Waals surface area contributed by atoms with Gasteiger partial charge in [0.05, 0.1) is 12.1 Å². The third-order valence-corrected chi connectivity index (χ3v) is 7.09. The largest absolute Gasteiger partial charge is 0.384 e. The van der Waals surface area contributed by atoms with E-state index in [2.05, 4.69) is 4.72 Å². The minimum atomic E-state index is -2.85. The van der Waals surface area contributed by atoms with Gasteiger partial charge >= 0.3 is 0 Å². The zero-order valence-electron chi connectivity index (χ0n) is 20.2. The molecule has 0 aliphatic heterocycles. The molecule has 0 radical (unpaired) electrons. The number of carbonyl (C=O) groups excluding carboxylic acids is 1. The van der Waals surface area contributed by atoms with Crippen LogP contribution in [-0.2, 0) is 28.7 Å². The Labute approximate surface area is 213 Å². The second-order valence-corrected chi connectivity index (χ2v) is 9.96. The van der Waals surface area contributed by atoms with E-state index in [9.17, 15) is 13.2 Å². The Kier molecular flexibility index (Phi) is 8.38. The number of nitrogens with two attached hydrogens (primary N) is 1. The van der Waals surface area contributed by atoms with Gasteiger partial charge in [0.2, 0.25) is 16.8 Å². The third kappa shape index (κ3) is 6.51. The maximum absolute atomic E-state index is 13.6. The van der Waals surface area contributed by atoms with Crippen LogP contribution in [0.25, 0.3) is 11.1 Å². The summed E-state index contributed by atoms with van der Waals surface area (Å²) in [5.74, 6) is 0.00249. The molecule has 3 aromatic carbocycles. The maximum Gasteiger partial charge on any atom is 0.227 e. The molecular weight excluding hydrogens is 472 g/mol. The SMILES string of the molecule is N=C(N)c1cccc(CN(C(=O)Cc2ccc(-c3ccccc3)c(N[SH](=O)=O)c2)C2CCCCC2)c1. The maximum atomic E-state index is 13.6. The Morgan fingerprint density at radius 3 is 2.39 bits per heavy atom. The fraction of sp³-hybridized carbons (Fsp3) is 0.286. The molecule has 0 atom stereocenters. The van der Waals surface area contributed by atoms with Crippen LogP contribution in [0.3, 0.4) is 0 Å². The number of nitrogens with one attached hydrogen (secondary N) is 2. The van der Waals surface area contributed by atoms with E-state index in [1.807, 2.05) is 65.6 Å². The standard InChI is InChI=1S/C28H32N4O3S/c29-28(30)23-11-7-8-21(16-23)19-32(24-12-5-2-6-13-24)27(33)18-20-14-15-25(22-9-3-1-4-10-22)26(17-20)31-36(34)35/h1,3-4,7-11,14-17,24,36H,2,5-6,12-13,18-19H2,(H3,29,30)(H,31,34,35). The Morgan fingerprint density at radius 2 is 1.69 bits per heavy atom. The monoisotopic (exact) mass is 504 g/mol. The first-order valence-electron chi connectivity index (χ1n) is 12.2. The van der Waals surface area contributed by atoms with Crippen molar-refractivity contribution in [3.05, 3.63) is 89.5 Å². The molecule has 4 N–H and O–H groups in total. The molecule has 4 rings (SSSR count). The van der Waals surface area contributed by atoms with Gasteiger partial charge in [0, 0.05) is 23.7 Å². The van der Waals surface area contributed by atoms with Crippen LogP contribution in [-0.4, -0.2) is 31.1 Å². The molecule has 1 aliphatic carbocycles. The molecule has 3 aromatic rings. The Bertz CT molecular complexity index is 1290. The van der Waals surface area contributed by atoms with Gasteiger partial charge in [-0.15, -0.1) is 0 Å². The van der Waals surface area contributed by atoms with E-state index in [0.29, 0.717) is 17.8 Å². The summed E-state index contributed by atoms with van der Waals surface area (Å²) < 4.78 is 25.5. The van der Waals surface area contributed by atoms with Crippen LogP contribution in [0.15, 0.2) is 72.8 Å². The van der Waals surface area contributed by atoms with E-state index in [4.69, 9.17) is 11.1 Å². The number of amidine groups is 1. The number of hydrogen-bond acceptors (Lipinski definition) is 4. The average molecular weight is 505 g/mol. The van der Waals surface area contributed by atoms with Crippen LogP contribution in [0.5, 0.6) is 0 Å². The number of hydrogen-bond donors (Lipinski definition) is 4. The molecule has 7 nitrogen and oxygen atoms in total. The van der Waals surface area contributed by atoms with Crippen LogP contribution in [0, 0.1) is 5.41 Å². The van der Waals surface area contributed by atoms with Crippen molar-refractivity contribution in [2.75, 3.05) is 4.72 Å². The van der Waals surface area contributed by atoms with Crippen LogP contribution < -0.4 is 10.5 Å². The van der Waals surface area contributed by atoms with Crippen molar-refractivity contribution in [3.63, 3.8) is 0 Å². The van der Waals surface area contributed by atoms with Crippen molar-refractivity contribution in [3.8, 4) is 11.1 Å². The topological polar surface area (TPSA) is 116 Å². The highest BCUT2D eigenvalue weighted by atomic mass is 32.2. The van der Waals surface area contributed by atoms with Crippen molar-refractivity contribution >= 4 is 28.3 Å². The number of rotatable bonds is 9. The van der Waals surface area contributed by atoms with Gasteiger partial charge in [0.15, 0.2) is 0 Å². The number of benzene rings is 3. The van der Waals surface area contributed by atoms with Gasteiger partial charge in [0.25, 0.3) is 0 Å². The number of nitrogen functional groups attached to an aromatic ring is 1. The quantitative estimate of drug-likeness (QED) is 0.195. The lowest BCUT2D eigenvalue weighted by Crippen LogP contribution is -2.41. The summed E-state index contributed by atoms with van der Waals surface area (Å²) in [6, 6.07) is 22.7. The summed E-state index contributed by atoms with van der Waals surface area (Å²) in [5.41, 5.74) is 10.1. The highest BCUT2D eigenvalue weighted by Gasteiger charge is 2.26. The van der Waals surface area contributed by atoms with Gasteiger partial charge < -0.3 is 10.6 Å². The van der Waals surface area contributed by atoms with E-state index < -0.39 is 10.9 Å². The normalized spacial score (nSPS) is 13.9. The molecule has 0 heterocycles. The van der Waals surface area contributed by atoms with E-state index in [0.717, 1.165) is 47.9 Å². The zero-order valence-corrected chi connectivity index (χ0v) is 21.0. The van der Waals surface area contributed by atoms with Crippen molar-refractivity contribution in [2.45, 2.75) is 51.1 Å². The second kappa shape index (κ2) is 11.9.